The Bertz CT molecular complexity index is 648. The summed E-state index contributed by atoms with van der Waals surface area (Å²) in [6.07, 6.45) is 0.0381. The molecule has 7 heteroatoms. The van der Waals surface area contributed by atoms with Crippen molar-refractivity contribution < 1.29 is 14.3 Å². The van der Waals surface area contributed by atoms with Crippen molar-refractivity contribution in [1.82, 2.24) is 9.97 Å². The van der Waals surface area contributed by atoms with Crippen molar-refractivity contribution in [2.24, 2.45) is 0 Å². The van der Waals surface area contributed by atoms with Crippen LogP contribution in [0.3, 0.4) is 0 Å². The van der Waals surface area contributed by atoms with E-state index >= 15 is 0 Å². The van der Waals surface area contributed by atoms with E-state index in [9.17, 15) is 9.18 Å². The SMILES string of the molecule is Cc1nc(Cc2c(F)cccc2Cl)nc(N)c1C(=O)O. The highest BCUT2D eigenvalue weighted by molar-refractivity contribution is 6.31. The van der Waals surface area contributed by atoms with Gasteiger partial charge in [0.05, 0.1) is 5.69 Å². The summed E-state index contributed by atoms with van der Waals surface area (Å²) in [5.41, 5.74) is 5.92. The number of aromatic nitrogens is 2. The first kappa shape index (κ1) is 14.2. The quantitative estimate of drug-likeness (QED) is 0.908. The van der Waals surface area contributed by atoms with E-state index in [0.29, 0.717) is 0 Å². The van der Waals surface area contributed by atoms with Crippen LogP contribution in [0.25, 0.3) is 0 Å². The average molecular weight is 296 g/mol. The molecule has 20 heavy (non-hydrogen) atoms. The molecule has 0 unspecified atom stereocenters. The van der Waals surface area contributed by atoms with Gasteiger partial charge in [0.1, 0.15) is 23.0 Å². The Hall–Kier alpha value is -2.21. The first-order valence-corrected chi connectivity index (χ1v) is 6.07. The number of carboxylic acids is 1. The van der Waals surface area contributed by atoms with Crippen LogP contribution in [0.5, 0.6) is 0 Å². The fourth-order valence-corrected chi connectivity index (χ4v) is 2.09. The van der Waals surface area contributed by atoms with Gasteiger partial charge in [-0.15, -0.1) is 0 Å². The number of aromatic carboxylic acids is 1. The average Bonchev–Trinajstić information content (AvgIpc) is 2.32. The van der Waals surface area contributed by atoms with Gasteiger partial charge in [-0.05, 0) is 19.1 Å². The standard InChI is InChI=1S/C13H11ClFN3O2/c1-6-11(13(19)20)12(16)18-10(17-6)5-7-8(14)3-2-4-9(7)15/h2-4H,5H2,1H3,(H,19,20)(H2,16,17,18). The predicted octanol–water partition coefficient (Wildman–Crippen LogP) is 2.45. The van der Waals surface area contributed by atoms with E-state index in [-0.39, 0.29) is 39.9 Å². The van der Waals surface area contributed by atoms with Gasteiger partial charge in [0.25, 0.3) is 0 Å². The molecule has 0 bridgehead atoms. The minimum atomic E-state index is -1.20. The topological polar surface area (TPSA) is 89.1 Å². The molecule has 0 aliphatic carbocycles. The number of carbonyl (C=O) groups is 1. The maximum atomic E-state index is 13.7. The number of nitrogen functional groups attached to an aromatic ring is 1. The Morgan fingerprint density at radius 1 is 1.45 bits per heavy atom. The number of nitrogens with two attached hydrogens (primary N) is 1. The largest absolute Gasteiger partial charge is 0.477 e. The number of hydrogen-bond acceptors (Lipinski definition) is 4. The number of nitrogens with zero attached hydrogens (tertiary/aromatic N) is 2. The summed E-state index contributed by atoms with van der Waals surface area (Å²) < 4.78 is 13.7. The molecule has 0 aliphatic heterocycles. The third-order valence-corrected chi connectivity index (χ3v) is 3.13. The molecule has 1 aromatic carbocycles. The van der Waals surface area contributed by atoms with Crippen molar-refractivity contribution in [1.29, 1.82) is 0 Å². The molecule has 1 heterocycles. The van der Waals surface area contributed by atoms with Crippen molar-refractivity contribution in [2.75, 3.05) is 5.73 Å². The monoisotopic (exact) mass is 295 g/mol. The number of benzene rings is 1. The highest BCUT2D eigenvalue weighted by Gasteiger charge is 2.17. The number of aryl methyl sites for hydroxylation is 1. The lowest BCUT2D eigenvalue weighted by molar-refractivity contribution is 0.0696. The number of halogens is 2. The third kappa shape index (κ3) is 2.70. The Labute approximate surface area is 119 Å². The second kappa shape index (κ2) is 5.42. The van der Waals surface area contributed by atoms with Crippen molar-refractivity contribution >= 4 is 23.4 Å². The molecular weight excluding hydrogens is 285 g/mol. The minimum absolute atomic E-state index is 0.0381. The molecule has 104 valence electrons. The van der Waals surface area contributed by atoms with Crippen LogP contribution >= 0.6 is 11.6 Å². The van der Waals surface area contributed by atoms with Crippen LogP contribution in [0.2, 0.25) is 5.02 Å². The normalized spacial score (nSPS) is 10.6. The van der Waals surface area contributed by atoms with Gasteiger partial charge in [-0.1, -0.05) is 17.7 Å². The van der Waals surface area contributed by atoms with Gasteiger partial charge in [0, 0.05) is 17.0 Å². The summed E-state index contributed by atoms with van der Waals surface area (Å²) in [5.74, 6) is -1.60. The minimum Gasteiger partial charge on any atom is -0.477 e. The zero-order valence-corrected chi connectivity index (χ0v) is 11.3. The van der Waals surface area contributed by atoms with E-state index in [1.165, 1.54) is 19.1 Å². The van der Waals surface area contributed by atoms with Crippen LogP contribution in [-0.4, -0.2) is 21.0 Å². The Morgan fingerprint density at radius 3 is 2.70 bits per heavy atom. The fraction of sp³-hybridized carbons (Fsp3) is 0.154. The van der Waals surface area contributed by atoms with Crippen LogP contribution in [0.15, 0.2) is 18.2 Å². The maximum Gasteiger partial charge on any atom is 0.341 e. The summed E-state index contributed by atoms with van der Waals surface area (Å²) >= 11 is 5.92. The van der Waals surface area contributed by atoms with Gasteiger partial charge in [-0.25, -0.2) is 19.2 Å². The second-order valence-electron chi connectivity index (χ2n) is 4.17. The van der Waals surface area contributed by atoms with E-state index in [0.717, 1.165) is 0 Å². The predicted molar refractivity (Wildman–Crippen MR) is 72.4 cm³/mol. The summed E-state index contributed by atoms with van der Waals surface area (Å²) in [5, 5.41) is 9.23. The zero-order valence-electron chi connectivity index (χ0n) is 10.5. The molecule has 0 radical (unpaired) electrons. The molecule has 3 N–H and O–H groups in total. The molecule has 5 nitrogen and oxygen atoms in total. The second-order valence-corrected chi connectivity index (χ2v) is 4.57. The van der Waals surface area contributed by atoms with E-state index in [4.69, 9.17) is 22.4 Å². The molecule has 0 saturated heterocycles. The van der Waals surface area contributed by atoms with E-state index in [2.05, 4.69) is 9.97 Å². The highest BCUT2D eigenvalue weighted by Crippen LogP contribution is 2.22. The van der Waals surface area contributed by atoms with Gasteiger partial charge < -0.3 is 10.8 Å². The number of hydrogen-bond donors (Lipinski definition) is 2. The van der Waals surface area contributed by atoms with E-state index < -0.39 is 11.8 Å². The lowest BCUT2D eigenvalue weighted by Gasteiger charge is -2.08. The van der Waals surface area contributed by atoms with Crippen LogP contribution < -0.4 is 5.73 Å². The Balaban J connectivity index is 2.43. The first-order valence-electron chi connectivity index (χ1n) is 5.69. The van der Waals surface area contributed by atoms with Crippen LogP contribution in [0.1, 0.15) is 27.4 Å². The lowest BCUT2D eigenvalue weighted by atomic mass is 10.1. The molecule has 0 saturated carbocycles. The van der Waals surface area contributed by atoms with Crippen molar-refractivity contribution in [3.8, 4) is 0 Å². The van der Waals surface area contributed by atoms with Gasteiger partial charge in [-0.3, -0.25) is 0 Å². The van der Waals surface area contributed by atoms with Crippen LogP contribution in [-0.2, 0) is 6.42 Å². The number of carboxylic acid groups (broad SMARTS) is 1. The number of anilines is 1. The van der Waals surface area contributed by atoms with Crippen LogP contribution in [0, 0.1) is 12.7 Å². The van der Waals surface area contributed by atoms with Gasteiger partial charge in [0.15, 0.2) is 0 Å². The van der Waals surface area contributed by atoms with Gasteiger partial charge in [0.2, 0.25) is 0 Å². The molecule has 0 fully saturated rings. The molecule has 2 rings (SSSR count). The summed E-state index contributed by atoms with van der Waals surface area (Å²) in [6.45, 7) is 1.51. The summed E-state index contributed by atoms with van der Waals surface area (Å²) in [6, 6.07) is 4.33. The van der Waals surface area contributed by atoms with Crippen LogP contribution in [0.4, 0.5) is 10.2 Å². The Morgan fingerprint density at radius 2 is 2.15 bits per heavy atom. The maximum absolute atomic E-state index is 13.7. The van der Waals surface area contributed by atoms with E-state index in [1.54, 1.807) is 6.07 Å². The summed E-state index contributed by atoms with van der Waals surface area (Å²) in [7, 11) is 0. The molecule has 0 amide bonds. The highest BCUT2D eigenvalue weighted by atomic mass is 35.5. The smallest absolute Gasteiger partial charge is 0.341 e. The lowest BCUT2D eigenvalue weighted by Crippen LogP contribution is -2.12. The van der Waals surface area contributed by atoms with Gasteiger partial charge in [-0.2, -0.15) is 0 Å². The molecular formula is C13H11ClFN3O2. The van der Waals surface area contributed by atoms with Crippen molar-refractivity contribution in [2.45, 2.75) is 13.3 Å². The molecule has 0 spiro atoms. The van der Waals surface area contributed by atoms with E-state index in [1.807, 2.05) is 0 Å². The van der Waals surface area contributed by atoms with Gasteiger partial charge >= 0.3 is 5.97 Å². The molecule has 0 aliphatic rings. The molecule has 1 aromatic heterocycles. The summed E-state index contributed by atoms with van der Waals surface area (Å²) in [4.78, 5) is 18.9. The zero-order chi connectivity index (χ0) is 14.9. The number of rotatable bonds is 3. The first-order chi connectivity index (χ1) is 9.40. The molecule has 2 aromatic rings. The fourth-order valence-electron chi connectivity index (χ4n) is 1.86. The van der Waals surface area contributed by atoms with Crippen molar-refractivity contribution in [3.05, 3.63) is 51.7 Å². The Kier molecular flexibility index (Phi) is 3.85. The molecule has 0 atom stereocenters. The third-order valence-electron chi connectivity index (χ3n) is 2.77. The van der Waals surface area contributed by atoms with Crippen molar-refractivity contribution in [3.63, 3.8) is 0 Å².